The van der Waals surface area contributed by atoms with Crippen molar-refractivity contribution in [2.24, 2.45) is 0 Å². The molecule has 0 aliphatic carbocycles. The van der Waals surface area contributed by atoms with Crippen LogP contribution < -0.4 is 10.1 Å². The Morgan fingerprint density at radius 2 is 1.65 bits per heavy atom. The van der Waals surface area contributed by atoms with Crippen molar-refractivity contribution in [1.29, 1.82) is 0 Å². The summed E-state index contributed by atoms with van der Waals surface area (Å²) in [6.07, 6.45) is -0.843. The Bertz CT molecular complexity index is 684. The van der Waals surface area contributed by atoms with Gasteiger partial charge in [0.1, 0.15) is 5.75 Å². The van der Waals surface area contributed by atoms with Crippen LogP contribution in [0.2, 0.25) is 0 Å². The SMILES string of the molecule is CC(C)c1ccc(NC(=O)[C@@H](C)Oc2ccc(F)c(F)c2)cc1. The van der Waals surface area contributed by atoms with Crippen molar-refractivity contribution >= 4 is 11.6 Å². The number of hydrogen-bond donors (Lipinski definition) is 1. The molecule has 0 aromatic heterocycles. The summed E-state index contributed by atoms with van der Waals surface area (Å²) in [4.78, 5) is 12.1. The molecule has 2 rings (SSSR count). The van der Waals surface area contributed by atoms with E-state index in [-0.39, 0.29) is 11.7 Å². The van der Waals surface area contributed by atoms with E-state index in [9.17, 15) is 13.6 Å². The minimum atomic E-state index is -1.01. The molecule has 23 heavy (non-hydrogen) atoms. The Hall–Kier alpha value is -2.43. The van der Waals surface area contributed by atoms with Crippen LogP contribution in [-0.4, -0.2) is 12.0 Å². The van der Waals surface area contributed by atoms with Gasteiger partial charge in [0.15, 0.2) is 17.7 Å². The maximum atomic E-state index is 13.1. The first-order valence-electron chi connectivity index (χ1n) is 7.39. The lowest BCUT2D eigenvalue weighted by atomic mass is 10.0. The number of carbonyl (C=O) groups excluding carboxylic acids is 1. The largest absolute Gasteiger partial charge is 0.481 e. The van der Waals surface area contributed by atoms with Gasteiger partial charge in [-0.25, -0.2) is 8.78 Å². The van der Waals surface area contributed by atoms with Crippen molar-refractivity contribution in [2.75, 3.05) is 5.32 Å². The molecule has 5 heteroatoms. The molecule has 1 atom stereocenters. The van der Waals surface area contributed by atoms with Gasteiger partial charge in [0.25, 0.3) is 5.91 Å². The van der Waals surface area contributed by atoms with Crippen molar-refractivity contribution in [3.8, 4) is 5.75 Å². The minimum absolute atomic E-state index is 0.0988. The van der Waals surface area contributed by atoms with E-state index in [0.717, 1.165) is 12.1 Å². The molecule has 3 nitrogen and oxygen atoms in total. The first kappa shape index (κ1) is 16.9. The summed E-state index contributed by atoms with van der Waals surface area (Å²) in [7, 11) is 0. The number of anilines is 1. The fourth-order valence-electron chi connectivity index (χ4n) is 2.00. The Morgan fingerprint density at radius 3 is 2.22 bits per heavy atom. The number of rotatable bonds is 5. The number of ether oxygens (including phenoxy) is 1. The number of hydrogen-bond acceptors (Lipinski definition) is 2. The second-order valence-electron chi connectivity index (χ2n) is 5.60. The van der Waals surface area contributed by atoms with Crippen LogP contribution >= 0.6 is 0 Å². The number of halogens is 2. The summed E-state index contributed by atoms with van der Waals surface area (Å²) >= 11 is 0. The molecule has 0 spiro atoms. The summed E-state index contributed by atoms with van der Waals surface area (Å²) in [6.45, 7) is 5.72. The van der Waals surface area contributed by atoms with E-state index in [2.05, 4.69) is 19.2 Å². The highest BCUT2D eigenvalue weighted by molar-refractivity contribution is 5.94. The number of carbonyl (C=O) groups is 1. The molecule has 1 amide bonds. The molecule has 0 saturated heterocycles. The van der Waals surface area contributed by atoms with E-state index in [1.54, 1.807) is 6.92 Å². The minimum Gasteiger partial charge on any atom is -0.481 e. The summed E-state index contributed by atoms with van der Waals surface area (Å²) in [5.41, 5.74) is 1.83. The third kappa shape index (κ3) is 4.52. The van der Waals surface area contributed by atoms with E-state index in [0.29, 0.717) is 11.6 Å². The number of amides is 1. The quantitative estimate of drug-likeness (QED) is 0.881. The topological polar surface area (TPSA) is 38.3 Å². The van der Waals surface area contributed by atoms with Crippen LogP contribution in [0.15, 0.2) is 42.5 Å². The van der Waals surface area contributed by atoms with Crippen LogP contribution in [0.5, 0.6) is 5.75 Å². The van der Waals surface area contributed by atoms with E-state index in [4.69, 9.17) is 4.74 Å². The first-order valence-corrected chi connectivity index (χ1v) is 7.39. The van der Waals surface area contributed by atoms with Crippen molar-refractivity contribution in [1.82, 2.24) is 0 Å². The van der Waals surface area contributed by atoms with Gasteiger partial charge in [-0.2, -0.15) is 0 Å². The summed E-state index contributed by atoms with van der Waals surface area (Å²) in [6, 6.07) is 10.7. The van der Waals surface area contributed by atoms with Crippen molar-refractivity contribution in [2.45, 2.75) is 32.8 Å². The van der Waals surface area contributed by atoms with Crippen molar-refractivity contribution in [3.05, 3.63) is 59.7 Å². The van der Waals surface area contributed by atoms with E-state index in [1.807, 2.05) is 24.3 Å². The second-order valence-corrected chi connectivity index (χ2v) is 5.60. The van der Waals surface area contributed by atoms with Crippen molar-refractivity contribution < 1.29 is 18.3 Å². The molecule has 0 heterocycles. The average Bonchev–Trinajstić information content (AvgIpc) is 2.51. The molecule has 0 fully saturated rings. The third-order valence-electron chi connectivity index (χ3n) is 3.42. The summed E-state index contributed by atoms with van der Waals surface area (Å²) in [5, 5.41) is 2.72. The van der Waals surface area contributed by atoms with Gasteiger partial charge in [-0.05, 0) is 42.7 Å². The standard InChI is InChI=1S/C18H19F2NO2/c1-11(2)13-4-6-14(7-5-13)21-18(22)12(3)23-15-8-9-16(19)17(20)10-15/h4-12H,1-3H3,(H,21,22)/t12-/m1/s1. The van der Waals surface area contributed by atoms with Gasteiger partial charge in [-0.3, -0.25) is 4.79 Å². The normalized spacial score (nSPS) is 12.1. The fraction of sp³-hybridized carbons (Fsp3) is 0.278. The van der Waals surface area contributed by atoms with E-state index < -0.39 is 17.7 Å². The van der Waals surface area contributed by atoms with Gasteiger partial charge in [0.2, 0.25) is 0 Å². The number of nitrogens with one attached hydrogen (secondary N) is 1. The first-order chi connectivity index (χ1) is 10.9. The van der Waals surface area contributed by atoms with Gasteiger partial charge in [0, 0.05) is 11.8 Å². The lowest BCUT2D eigenvalue weighted by molar-refractivity contribution is -0.122. The van der Waals surface area contributed by atoms with Crippen LogP contribution in [0.25, 0.3) is 0 Å². The van der Waals surface area contributed by atoms with Crippen LogP contribution in [-0.2, 0) is 4.79 Å². The molecule has 1 N–H and O–H groups in total. The molecule has 2 aromatic carbocycles. The molecule has 0 radical (unpaired) electrons. The Labute approximate surface area is 134 Å². The molecule has 0 aliphatic heterocycles. The predicted molar refractivity (Wildman–Crippen MR) is 85.6 cm³/mol. The highest BCUT2D eigenvalue weighted by Gasteiger charge is 2.16. The number of benzene rings is 2. The molecular weight excluding hydrogens is 300 g/mol. The molecule has 0 bridgehead atoms. The fourth-order valence-corrected chi connectivity index (χ4v) is 2.00. The average molecular weight is 319 g/mol. The van der Waals surface area contributed by atoms with Gasteiger partial charge < -0.3 is 10.1 Å². The molecule has 122 valence electrons. The zero-order chi connectivity index (χ0) is 17.0. The Balaban J connectivity index is 1.97. The second kappa shape index (κ2) is 7.22. The van der Waals surface area contributed by atoms with Crippen LogP contribution in [0.3, 0.4) is 0 Å². The zero-order valence-electron chi connectivity index (χ0n) is 13.3. The monoisotopic (exact) mass is 319 g/mol. The molecule has 0 saturated carbocycles. The van der Waals surface area contributed by atoms with Crippen LogP contribution in [0.1, 0.15) is 32.3 Å². The predicted octanol–water partition coefficient (Wildman–Crippen LogP) is 4.49. The summed E-state index contributed by atoms with van der Waals surface area (Å²) < 4.78 is 31.3. The lowest BCUT2D eigenvalue weighted by Crippen LogP contribution is -2.30. The summed E-state index contributed by atoms with van der Waals surface area (Å²) in [5.74, 6) is -1.83. The molecule has 0 unspecified atom stereocenters. The maximum absolute atomic E-state index is 13.1. The lowest BCUT2D eigenvalue weighted by Gasteiger charge is -2.15. The highest BCUT2D eigenvalue weighted by Crippen LogP contribution is 2.19. The van der Waals surface area contributed by atoms with Crippen molar-refractivity contribution in [3.63, 3.8) is 0 Å². The zero-order valence-corrected chi connectivity index (χ0v) is 13.3. The van der Waals surface area contributed by atoms with Gasteiger partial charge in [-0.15, -0.1) is 0 Å². The van der Waals surface area contributed by atoms with Crippen LogP contribution in [0, 0.1) is 11.6 Å². The Kier molecular flexibility index (Phi) is 5.32. The Morgan fingerprint density at radius 1 is 1.00 bits per heavy atom. The molecular formula is C18H19F2NO2. The van der Waals surface area contributed by atoms with Gasteiger partial charge >= 0.3 is 0 Å². The smallest absolute Gasteiger partial charge is 0.265 e. The van der Waals surface area contributed by atoms with E-state index >= 15 is 0 Å². The van der Waals surface area contributed by atoms with Crippen LogP contribution in [0.4, 0.5) is 14.5 Å². The third-order valence-corrected chi connectivity index (χ3v) is 3.42. The molecule has 2 aromatic rings. The maximum Gasteiger partial charge on any atom is 0.265 e. The highest BCUT2D eigenvalue weighted by atomic mass is 19.2. The van der Waals surface area contributed by atoms with Gasteiger partial charge in [-0.1, -0.05) is 26.0 Å². The molecule has 0 aliphatic rings. The van der Waals surface area contributed by atoms with Gasteiger partial charge in [0.05, 0.1) is 0 Å². The van der Waals surface area contributed by atoms with E-state index in [1.165, 1.54) is 11.6 Å².